The van der Waals surface area contributed by atoms with Crippen LogP contribution in [-0.2, 0) is 10.2 Å². The minimum atomic E-state index is -0.417. The van der Waals surface area contributed by atoms with Gasteiger partial charge in [-0.05, 0) is 86.6 Å². The van der Waals surface area contributed by atoms with Gasteiger partial charge in [0.05, 0.1) is 17.1 Å². The van der Waals surface area contributed by atoms with Gasteiger partial charge in [0, 0.05) is 38.2 Å². The first kappa shape index (κ1) is 29.9. The zero-order valence-electron chi connectivity index (χ0n) is 24.5. The van der Waals surface area contributed by atoms with E-state index < -0.39 is 5.41 Å². The lowest BCUT2D eigenvalue weighted by molar-refractivity contribution is -0.118. The molecule has 0 spiro atoms. The van der Waals surface area contributed by atoms with Gasteiger partial charge in [-0.2, -0.15) is 9.78 Å². The van der Waals surface area contributed by atoms with E-state index in [-0.39, 0.29) is 23.9 Å². The van der Waals surface area contributed by atoms with Crippen LogP contribution in [0.15, 0.2) is 87.2 Å². The molecule has 0 atom stereocenters. The summed E-state index contributed by atoms with van der Waals surface area (Å²) >= 11 is 3.45. The number of benzene rings is 3. The van der Waals surface area contributed by atoms with Crippen molar-refractivity contribution in [3.05, 3.63) is 116 Å². The molecule has 0 saturated heterocycles. The number of ether oxygens (including phenoxy) is 1. The van der Waals surface area contributed by atoms with Crippen LogP contribution >= 0.6 is 15.9 Å². The smallest absolute Gasteiger partial charge is 0.282 e. The molecule has 10 heteroatoms. The quantitative estimate of drug-likeness (QED) is 0.195. The molecule has 1 N–H and O–H groups in total. The van der Waals surface area contributed by atoms with Crippen molar-refractivity contribution in [2.45, 2.75) is 40.0 Å². The first-order chi connectivity index (χ1) is 20.4. The van der Waals surface area contributed by atoms with Crippen LogP contribution < -0.4 is 15.6 Å². The molecule has 2 heterocycles. The summed E-state index contributed by atoms with van der Waals surface area (Å²) in [5.74, 6) is 0.383. The molecule has 5 rings (SSSR count). The predicted octanol–water partition coefficient (Wildman–Crippen LogP) is 6.90. The molecule has 5 aromatic rings. The Bertz CT molecular complexity index is 1900. The maximum atomic E-state index is 13.5. The normalized spacial score (nSPS) is 11.8. The summed E-state index contributed by atoms with van der Waals surface area (Å²) in [5, 5.41) is 7.79. The number of hydrogen-bond donors (Lipinski definition) is 1. The van der Waals surface area contributed by atoms with E-state index in [1.54, 1.807) is 24.4 Å². The van der Waals surface area contributed by atoms with Crippen LogP contribution in [0.4, 0.5) is 10.1 Å². The standard InChI is InChI=1S/C33H31BrFN5O3/c1-20-16-22(18-36-40-31(42)28-17-23(34)6-15-29(28)38-32(40)33(3,4)5)21(2)39(20)26-11-13-27(14-12-26)43-19-30(41)37-25-9-7-24(35)8-10-25/h6-18H,19H2,1-5H3,(H,37,41). The third-order valence-corrected chi connectivity index (χ3v) is 7.35. The fourth-order valence-electron chi connectivity index (χ4n) is 4.75. The summed E-state index contributed by atoms with van der Waals surface area (Å²) in [4.78, 5) is 30.5. The van der Waals surface area contributed by atoms with E-state index >= 15 is 0 Å². The number of fused-ring (bicyclic) bond motifs is 1. The van der Waals surface area contributed by atoms with Gasteiger partial charge in [0.2, 0.25) is 0 Å². The Hall–Kier alpha value is -4.57. The van der Waals surface area contributed by atoms with Crippen molar-refractivity contribution < 1.29 is 13.9 Å². The van der Waals surface area contributed by atoms with Crippen molar-refractivity contribution in [1.29, 1.82) is 0 Å². The number of nitrogens with one attached hydrogen (secondary N) is 1. The number of halogens is 2. The lowest BCUT2D eigenvalue weighted by Gasteiger charge is -2.20. The molecular weight excluding hydrogens is 613 g/mol. The monoisotopic (exact) mass is 643 g/mol. The van der Waals surface area contributed by atoms with Crippen molar-refractivity contribution in [2.24, 2.45) is 5.10 Å². The van der Waals surface area contributed by atoms with E-state index in [0.717, 1.165) is 27.1 Å². The van der Waals surface area contributed by atoms with Crippen molar-refractivity contribution in [3.63, 3.8) is 0 Å². The second-order valence-corrected chi connectivity index (χ2v) is 12.1. The second-order valence-electron chi connectivity index (χ2n) is 11.2. The number of carbonyl (C=O) groups is 1. The van der Waals surface area contributed by atoms with Gasteiger partial charge in [0.1, 0.15) is 17.4 Å². The molecule has 43 heavy (non-hydrogen) atoms. The molecule has 220 valence electrons. The molecule has 0 saturated carbocycles. The summed E-state index contributed by atoms with van der Waals surface area (Å²) < 4.78 is 23.0. The SMILES string of the molecule is Cc1cc(C=Nn2c(C(C)(C)C)nc3ccc(Br)cc3c2=O)c(C)n1-c1ccc(OCC(=O)Nc2ccc(F)cc2)cc1. The van der Waals surface area contributed by atoms with Crippen LogP contribution in [0.25, 0.3) is 16.6 Å². The highest BCUT2D eigenvalue weighted by molar-refractivity contribution is 9.10. The third kappa shape index (κ3) is 6.59. The van der Waals surface area contributed by atoms with E-state index in [2.05, 4.69) is 30.9 Å². The topological polar surface area (TPSA) is 90.5 Å². The van der Waals surface area contributed by atoms with Crippen molar-refractivity contribution in [2.75, 3.05) is 11.9 Å². The molecule has 0 aliphatic carbocycles. The highest BCUT2D eigenvalue weighted by Gasteiger charge is 2.23. The molecule has 0 fully saturated rings. The molecule has 2 aromatic heterocycles. The van der Waals surface area contributed by atoms with Crippen molar-refractivity contribution in [1.82, 2.24) is 14.2 Å². The summed E-state index contributed by atoms with van der Waals surface area (Å²) in [6.45, 7) is 9.81. The molecule has 0 unspecified atom stereocenters. The van der Waals surface area contributed by atoms with Gasteiger partial charge in [-0.1, -0.05) is 36.7 Å². The largest absolute Gasteiger partial charge is 0.484 e. The second kappa shape index (κ2) is 12.0. The minimum Gasteiger partial charge on any atom is -0.484 e. The van der Waals surface area contributed by atoms with Crippen LogP contribution in [0, 0.1) is 19.7 Å². The lowest BCUT2D eigenvalue weighted by Crippen LogP contribution is -2.29. The number of amides is 1. The number of nitrogens with zero attached hydrogens (tertiary/aromatic N) is 4. The zero-order valence-corrected chi connectivity index (χ0v) is 26.1. The molecule has 0 aliphatic rings. The summed E-state index contributed by atoms with van der Waals surface area (Å²) in [5.41, 5.74) is 4.16. The number of aromatic nitrogens is 3. The average Bonchev–Trinajstić information content (AvgIpc) is 3.25. The number of hydrogen-bond acceptors (Lipinski definition) is 5. The first-order valence-corrected chi connectivity index (χ1v) is 14.4. The predicted molar refractivity (Wildman–Crippen MR) is 171 cm³/mol. The number of rotatable bonds is 7. The van der Waals surface area contributed by atoms with Crippen molar-refractivity contribution >= 4 is 44.6 Å². The molecule has 0 aliphatic heterocycles. The van der Waals surface area contributed by atoms with Gasteiger partial charge in [-0.15, -0.1) is 0 Å². The van der Waals surface area contributed by atoms with E-state index in [1.807, 2.05) is 65.0 Å². The van der Waals surface area contributed by atoms with E-state index in [9.17, 15) is 14.0 Å². The number of aryl methyl sites for hydroxylation is 1. The van der Waals surface area contributed by atoms with Crippen LogP contribution in [0.2, 0.25) is 0 Å². The Morgan fingerprint density at radius 3 is 2.42 bits per heavy atom. The van der Waals surface area contributed by atoms with E-state index in [1.165, 1.54) is 28.9 Å². The molecule has 8 nitrogen and oxygen atoms in total. The van der Waals surface area contributed by atoms with Gasteiger partial charge in [0.15, 0.2) is 6.61 Å². The zero-order chi connectivity index (χ0) is 30.9. The van der Waals surface area contributed by atoms with E-state index in [4.69, 9.17) is 9.72 Å². The molecule has 0 radical (unpaired) electrons. The lowest BCUT2D eigenvalue weighted by atomic mass is 9.95. The highest BCUT2D eigenvalue weighted by Crippen LogP contribution is 2.25. The highest BCUT2D eigenvalue weighted by atomic mass is 79.9. The minimum absolute atomic E-state index is 0.185. The van der Waals surface area contributed by atoms with Gasteiger partial charge in [-0.25, -0.2) is 9.37 Å². The van der Waals surface area contributed by atoms with Crippen molar-refractivity contribution in [3.8, 4) is 11.4 Å². The van der Waals surface area contributed by atoms with Crippen LogP contribution in [0.3, 0.4) is 0 Å². The van der Waals surface area contributed by atoms with Crippen LogP contribution in [-0.4, -0.2) is 33.0 Å². The third-order valence-electron chi connectivity index (χ3n) is 6.85. The Morgan fingerprint density at radius 1 is 1.05 bits per heavy atom. The number of carbonyl (C=O) groups excluding carboxylic acids is 1. The summed E-state index contributed by atoms with van der Waals surface area (Å²) in [6.07, 6.45) is 1.69. The number of anilines is 1. The van der Waals surface area contributed by atoms with Crippen LogP contribution in [0.5, 0.6) is 5.75 Å². The molecular formula is C33H31BrFN5O3. The summed E-state index contributed by atoms with van der Waals surface area (Å²) in [6, 6.07) is 20.4. The molecule has 1 amide bonds. The maximum Gasteiger partial charge on any atom is 0.282 e. The van der Waals surface area contributed by atoms with Gasteiger partial charge in [0.25, 0.3) is 11.5 Å². The summed E-state index contributed by atoms with van der Waals surface area (Å²) in [7, 11) is 0. The molecule has 0 bridgehead atoms. The Balaban J connectivity index is 1.36. The van der Waals surface area contributed by atoms with Gasteiger partial charge < -0.3 is 14.6 Å². The van der Waals surface area contributed by atoms with Gasteiger partial charge in [-0.3, -0.25) is 9.59 Å². The first-order valence-electron chi connectivity index (χ1n) is 13.7. The van der Waals surface area contributed by atoms with Crippen LogP contribution in [0.1, 0.15) is 43.5 Å². The Morgan fingerprint density at radius 2 is 1.74 bits per heavy atom. The Kier molecular flexibility index (Phi) is 8.32. The fourth-order valence-corrected chi connectivity index (χ4v) is 5.11. The van der Waals surface area contributed by atoms with Gasteiger partial charge >= 0.3 is 0 Å². The van der Waals surface area contributed by atoms with E-state index in [0.29, 0.717) is 28.2 Å². The maximum absolute atomic E-state index is 13.5. The average molecular weight is 645 g/mol. The fraction of sp³-hybridized carbons (Fsp3) is 0.212. The Labute approximate surface area is 257 Å². The molecule has 3 aromatic carbocycles.